The molecule has 6 heteroatoms. The molecule has 0 spiro atoms. The normalized spacial score (nSPS) is 19.1. The highest BCUT2D eigenvalue weighted by atomic mass is 16.5. The minimum absolute atomic E-state index is 0.0754. The van der Waals surface area contributed by atoms with Gasteiger partial charge in [-0.05, 0) is 12.1 Å². The second-order valence-corrected chi connectivity index (χ2v) is 4.50. The van der Waals surface area contributed by atoms with Crippen molar-refractivity contribution in [2.45, 2.75) is 12.3 Å². The van der Waals surface area contributed by atoms with Gasteiger partial charge in [0.15, 0.2) is 0 Å². The van der Waals surface area contributed by atoms with Crippen LogP contribution in [0.1, 0.15) is 18.2 Å². The van der Waals surface area contributed by atoms with Crippen molar-refractivity contribution in [2.24, 2.45) is 0 Å². The molecule has 0 saturated carbocycles. The predicted molar refractivity (Wildman–Crippen MR) is 69.5 cm³/mol. The summed E-state index contributed by atoms with van der Waals surface area (Å²) in [6, 6.07) is 7.39. The summed E-state index contributed by atoms with van der Waals surface area (Å²) in [6.07, 6.45) is 0.386. The van der Waals surface area contributed by atoms with E-state index in [0.29, 0.717) is 37.1 Å². The minimum Gasteiger partial charge on any atom is -0.496 e. The van der Waals surface area contributed by atoms with Crippen LogP contribution in [0.15, 0.2) is 28.8 Å². The van der Waals surface area contributed by atoms with Crippen LogP contribution >= 0.6 is 0 Å². The molecule has 104 valence electrons. The van der Waals surface area contributed by atoms with Gasteiger partial charge in [-0.3, -0.25) is 4.79 Å². The number of nitrogens with zero attached hydrogens (tertiary/aromatic N) is 2. The van der Waals surface area contributed by atoms with Gasteiger partial charge in [0.1, 0.15) is 17.5 Å². The van der Waals surface area contributed by atoms with Gasteiger partial charge < -0.3 is 14.0 Å². The van der Waals surface area contributed by atoms with E-state index in [1.165, 1.54) is 0 Å². The van der Waals surface area contributed by atoms with Gasteiger partial charge in [-0.15, -0.1) is 0 Å². The molecule has 0 bridgehead atoms. The smallest absolute Gasteiger partial charge is 0.239 e. The Morgan fingerprint density at radius 1 is 1.35 bits per heavy atom. The molecule has 1 fully saturated rings. The second kappa shape index (κ2) is 5.42. The molecule has 3 rings (SSSR count). The Labute approximate surface area is 115 Å². The Morgan fingerprint density at radius 2 is 2.20 bits per heavy atom. The third kappa shape index (κ3) is 2.30. The van der Waals surface area contributed by atoms with Crippen molar-refractivity contribution < 1.29 is 18.8 Å². The fraction of sp³-hybridized carbons (Fsp3) is 0.357. The van der Waals surface area contributed by atoms with E-state index in [2.05, 4.69) is 10.1 Å². The monoisotopic (exact) mass is 274 g/mol. The third-order valence-corrected chi connectivity index (χ3v) is 3.25. The summed E-state index contributed by atoms with van der Waals surface area (Å²) in [5.41, 5.74) is 0.731. The number of carbonyl (C=O) groups excluding carboxylic acids is 1. The largest absolute Gasteiger partial charge is 0.496 e. The number of ketones is 1. The molecule has 1 unspecified atom stereocenters. The van der Waals surface area contributed by atoms with Crippen molar-refractivity contribution in [3.63, 3.8) is 0 Å². The number of Topliss-reactive ketones (excluding diaryl/α,β-unsaturated/α-hetero) is 1. The zero-order valence-corrected chi connectivity index (χ0v) is 11.0. The fourth-order valence-electron chi connectivity index (χ4n) is 2.17. The van der Waals surface area contributed by atoms with Gasteiger partial charge in [-0.25, -0.2) is 0 Å². The van der Waals surface area contributed by atoms with Gasteiger partial charge in [0.2, 0.25) is 11.7 Å². The van der Waals surface area contributed by atoms with Crippen molar-refractivity contribution in [3.8, 4) is 17.1 Å². The van der Waals surface area contributed by atoms with Crippen LogP contribution in [0, 0.1) is 0 Å². The number of methoxy groups -OCH3 is 1. The lowest BCUT2D eigenvalue weighted by atomic mass is 10.0. The number of aromatic nitrogens is 2. The summed E-state index contributed by atoms with van der Waals surface area (Å²) in [7, 11) is 1.58. The summed E-state index contributed by atoms with van der Waals surface area (Å²) >= 11 is 0. The molecule has 1 saturated heterocycles. The lowest BCUT2D eigenvalue weighted by molar-refractivity contribution is -0.127. The average molecular weight is 274 g/mol. The molecule has 1 atom stereocenters. The lowest BCUT2D eigenvalue weighted by Gasteiger charge is -2.17. The molecule has 0 N–H and O–H groups in total. The van der Waals surface area contributed by atoms with Crippen LogP contribution in [0.3, 0.4) is 0 Å². The van der Waals surface area contributed by atoms with Gasteiger partial charge in [0.05, 0.1) is 25.9 Å². The first kappa shape index (κ1) is 12.8. The fourth-order valence-corrected chi connectivity index (χ4v) is 2.17. The molecule has 2 aromatic rings. The Morgan fingerprint density at radius 3 is 3.00 bits per heavy atom. The van der Waals surface area contributed by atoms with Crippen molar-refractivity contribution in [1.29, 1.82) is 0 Å². The predicted octanol–water partition coefficient (Wildman–Crippen LogP) is 1.82. The van der Waals surface area contributed by atoms with Gasteiger partial charge >= 0.3 is 0 Å². The van der Waals surface area contributed by atoms with E-state index in [1.807, 2.05) is 24.3 Å². The molecule has 0 radical (unpaired) electrons. The van der Waals surface area contributed by atoms with Gasteiger partial charge in [0, 0.05) is 6.42 Å². The number of rotatable bonds is 3. The van der Waals surface area contributed by atoms with E-state index in [1.54, 1.807) is 7.11 Å². The summed E-state index contributed by atoms with van der Waals surface area (Å²) in [6.45, 7) is 0.759. The lowest BCUT2D eigenvalue weighted by Crippen LogP contribution is -2.25. The van der Waals surface area contributed by atoms with E-state index in [9.17, 15) is 4.79 Å². The first-order valence-electron chi connectivity index (χ1n) is 6.37. The summed E-state index contributed by atoms with van der Waals surface area (Å²) in [5, 5.41) is 3.93. The number of hydrogen-bond donors (Lipinski definition) is 0. The van der Waals surface area contributed by atoms with Crippen LogP contribution in [-0.2, 0) is 9.53 Å². The summed E-state index contributed by atoms with van der Waals surface area (Å²) in [4.78, 5) is 16.1. The molecule has 1 aromatic carbocycles. The number of benzene rings is 1. The molecule has 0 amide bonds. The van der Waals surface area contributed by atoms with Crippen molar-refractivity contribution >= 4 is 5.78 Å². The number of ether oxygens (including phenoxy) is 2. The minimum atomic E-state index is -0.459. The molecule has 6 nitrogen and oxygen atoms in total. The van der Waals surface area contributed by atoms with E-state index in [0.717, 1.165) is 5.56 Å². The maximum Gasteiger partial charge on any atom is 0.239 e. The topological polar surface area (TPSA) is 74.5 Å². The SMILES string of the molecule is COc1ccccc1-c1noc(C2COCCC2=O)n1. The second-order valence-electron chi connectivity index (χ2n) is 4.50. The quantitative estimate of drug-likeness (QED) is 0.849. The van der Waals surface area contributed by atoms with Crippen molar-refractivity contribution in [3.05, 3.63) is 30.2 Å². The Balaban J connectivity index is 1.92. The molecular weight excluding hydrogens is 260 g/mol. The van der Waals surface area contributed by atoms with Gasteiger partial charge in [0.25, 0.3) is 0 Å². The number of para-hydroxylation sites is 1. The Kier molecular flexibility index (Phi) is 3.47. The third-order valence-electron chi connectivity index (χ3n) is 3.25. The highest BCUT2D eigenvalue weighted by molar-refractivity contribution is 5.85. The highest BCUT2D eigenvalue weighted by Crippen LogP contribution is 2.29. The summed E-state index contributed by atoms with van der Waals surface area (Å²) in [5.74, 6) is 0.990. The molecule has 1 aromatic heterocycles. The van der Waals surface area contributed by atoms with Gasteiger partial charge in [-0.2, -0.15) is 4.98 Å². The molecule has 1 aliphatic rings. The maximum absolute atomic E-state index is 11.8. The molecule has 2 heterocycles. The Bertz CT molecular complexity index is 623. The first-order chi connectivity index (χ1) is 9.79. The highest BCUT2D eigenvalue weighted by Gasteiger charge is 2.30. The maximum atomic E-state index is 11.8. The van der Waals surface area contributed by atoms with E-state index in [4.69, 9.17) is 14.0 Å². The molecule has 0 aliphatic carbocycles. The number of carbonyl (C=O) groups is 1. The zero-order valence-electron chi connectivity index (χ0n) is 11.0. The van der Waals surface area contributed by atoms with E-state index >= 15 is 0 Å². The molecular formula is C14H14N2O4. The van der Waals surface area contributed by atoms with Crippen LogP contribution in [0.2, 0.25) is 0 Å². The molecule has 20 heavy (non-hydrogen) atoms. The standard InChI is InChI=1S/C14H14N2O4/c1-18-12-5-3-2-4-9(12)13-15-14(20-16-13)10-8-19-7-6-11(10)17/h2-5,10H,6-8H2,1H3. The van der Waals surface area contributed by atoms with Crippen molar-refractivity contribution in [2.75, 3.05) is 20.3 Å². The van der Waals surface area contributed by atoms with Crippen LogP contribution < -0.4 is 4.74 Å². The molecule has 1 aliphatic heterocycles. The summed E-state index contributed by atoms with van der Waals surface area (Å²) < 4.78 is 15.8. The van der Waals surface area contributed by atoms with Crippen LogP contribution in [0.4, 0.5) is 0 Å². The average Bonchev–Trinajstić information content (AvgIpc) is 2.97. The van der Waals surface area contributed by atoms with E-state index in [-0.39, 0.29) is 5.78 Å². The van der Waals surface area contributed by atoms with E-state index < -0.39 is 5.92 Å². The Hall–Kier alpha value is -2.21. The first-order valence-corrected chi connectivity index (χ1v) is 6.37. The van der Waals surface area contributed by atoms with Crippen LogP contribution in [0.25, 0.3) is 11.4 Å². The zero-order chi connectivity index (χ0) is 13.9. The van der Waals surface area contributed by atoms with Gasteiger partial charge in [-0.1, -0.05) is 17.3 Å². The van der Waals surface area contributed by atoms with Crippen LogP contribution in [-0.4, -0.2) is 36.2 Å². The van der Waals surface area contributed by atoms with Crippen molar-refractivity contribution in [1.82, 2.24) is 10.1 Å². The number of hydrogen-bond acceptors (Lipinski definition) is 6. The van der Waals surface area contributed by atoms with Crippen LogP contribution in [0.5, 0.6) is 5.75 Å².